The predicted molar refractivity (Wildman–Crippen MR) is 99.8 cm³/mol. The third-order valence-electron chi connectivity index (χ3n) is 3.94. The fourth-order valence-corrected chi connectivity index (χ4v) is 3.46. The smallest absolute Gasteiger partial charge is 0.275 e. The van der Waals surface area contributed by atoms with Gasteiger partial charge in [0.2, 0.25) is 10.1 Å². The molecule has 0 spiro atoms. The molecule has 1 aromatic carbocycles. The molecule has 0 saturated carbocycles. The van der Waals surface area contributed by atoms with E-state index in [2.05, 4.69) is 32.4 Å². The van der Waals surface area contributed by atoms with Crippen molar-refractivity contribution in [1.29, 1.82) is 0 Å². The highest BCUT2D eigenvalue weighted by Crippen LogP contribution is 2.23. The second-order valence-corrected chi connectivity index (χ2v) is 6.93. The van der Waals surface area contributed by atoms with E-state index < -0.39 is 0 Å². The topological polar surface area (TPSA) is 71.8 Å². The molecule has 1 atom stereocenters. The lowest BCUT2D eigenvalue weighted by Gasteiger charge is -2.25. The van der Waals surface area contributed by atoms with Gasteiger partial charge in [0.1, 0.15) is 5.75 Å². The number of benzene rings is 1. The Morgan fingerprint density at radius 3 is 2.68 bits per heavy atom. The molecule has 25 heavy (non-hydrogen) atoms. The fourth-order valence-electron chi connectivity index (χ4n) is 2.60. The van der Waals surface area contributed by atoms with Gasteiger partial charge >= 0.3 is 0 Å². The Kier molecular flexibility index (Phi) is 5.00. The molecule has 132 valence electrons. The molecule has 0 saturated heterocycles. The number of fused-ring (bicyclic) bond motifs is 1. The monoisotopic (exact) mass is 359 g/mol. The zero-order chi connectivity index (χ0) is 18.0. The van der Waals surface area contributed by atoms with Crippen molar-refractivity contribution in [2.24, 2.45) is 0 Å². The highest BCUT2D eigenvalue weighted by Gasteiger charge is 2.15. The summed E-state index contributed by atoms with van der Waals surface area (Å²) in [6.45, 7) is 2.47. The Balaban J connectivity index is 1.79. The number of hydrogen-bond acceptors (Lipinski definition) is 7. The summed E-state index contributed by atoms with van der Waals surface area (Å²) in [5.41, 5.74) is 1.71. The van der Waals surface area contributed by atoms with E-state index in [1.54, 1.807) is 14.0 Å². The van der Waals surface area contributed by atoms with Crippen LogP contribution in [0.1, 0.15) is 17.3 Å². The molecule has 0 radical (unpaired) electrons. The number of hydrogen-bond donors (Lipinski definition) is 1. The Morgan fingerprint density at radius 2 is 2.04 bits per heavy atom. The third kappa shape index (κ3) is 3.80. The van der Waals surface area contributed by atoms with Crippen LogP contribution in [0.3, 0.4) is 0 Å². The van der Waals surface area contributed by atoms with E-state index in [0.717, 1.165) is 5.75 Å². The number of likely N-dealkylation sites (N-methyl/N-ethyl adjacent to an activating group) is 1. The van der Waals surface area contributed by atoms with Crippen molar-refractivity contribution >= 4 is 21.4 Å². The molecule has 0 aliphatic carbocycles. The predicted octanol–water partition coefficient (Wildman–Crippen LogP) is 2.18. The number of aryl methyl sites for hydroxylation is 1. The van der Waals surface area contributed by atoms with Crippen LogP contribution < -0.4 is 15.6 Å². The molecule has 2 aromatic heterocycles. The standard InChI is InChI=1S/C17H21N5O2S/c1-11-9-15(23)22-17(19-11)25-16(20-22)18-10-14(21(2)3)12-5-7-13(24-4)8-6-12/h5-9,14H,10H2,1-4H3,(H,18,20)/t14-/m0/s1. The molecule has 0 aliphatic heterocycles. The second-order valence-electron chi connectivity index (χ2n) is 5.97. The average molecular weight is 359 g/mol. The van der Waals surface area contributed by atoms with Crippen LogP contribution in [-0.4, -0.2) is 47.2 Å². The second kappa shape index (κ2) is 7.20. The highest BCUT2D eigenvalue weighted by atomic mass is 32.1. The molecule has 0 fully saturated rings. The SMILES string of the molecule is COc1ccc([C@H](CNc2nn3c(=O)cc(C)nc3s2)N(C)C)cc1. The van der Waals surface area contributed by atoms with Crippen LogP contribution >= 0.6 is 11.3 Å². The van der Waals surface area contributed by atoms with E-state index >= 15 is 0 Å². The molecule has 0 amide bonds. The van der Waals surface area contributed by atoms with Crippen molar-refractivity contribution in [3.05, 3.63) is 51.9 Å². The van der Waals surface area contributed by atoms with Gasteiger partial charge in [0, 0.05) is 18.3 Å². The van der Waals surface area contributed by atoms with Crippen LogP contribution in [0.2, 0.25) is 0 Å². The van der Waals surface area contributed by atoms with Crippen LogP contribution in [-0.2, 0) is 0 Å². The summed E-state index contributed by atoms with van der Waals surface area (Å²) in [7, 11) is 5.72. The van der Waals surface area contributed by atoms with E-state index in [1.165, 1.54) is 27.5 Å². The van der Waals surface area contributed by atoms with Crippen molar-refractivity contribution in [2.75, 3.05) is 33.1 Å². The van der Waals surface area contributed by atoms with Crippen LogP contribution in [0, 0.1) is 6.92 Å². The van der Waals surface area contributed by atoms with Gasteiger partial charge in [-0.1, -0.05) is 23.5 Å². The molecule has 2 heterocycles. The minimum Gasteiger partial charge on any atom is -0.497 e. The molecule has 0 aliphatic rings. The first kappa shape index (κ1) is 17.4. The van der Waals surface area contributed by atoms with Gasteiger partial charge in [0.15, 0.2) is 0 Å². The number of ether oxygens (including phenoxy) is 1. The molecule has 8 heteroatoms. The van der Waals surface area contributed by atoms with Gasteiger partial charge in [-0.25, -0.2) is 4.98 Å². The van der Waals surface area contributed by atoms with Crippen molar-refractivity contribution in [1.82, 2.24) is 19.5 Å². The number of methoxy groups -OCH3 is 1. The minimum atomic E-state index is -0.161. The number of anilines is 1. The van der Waals surface area contributed by atoms with Crippen molar-refractivity contribution in [3.63, 3.8) is 0 Å². The van der Waals surface area contributed by atoms with E-state index in [4.69, 9.17) is 4.74 Å². The molecule has 0 bridgehead atoms. The molecular weight excluding hydrogens is 338 g/mol. The lowest BCUT2D eigenvalue weighted by molar-refractivity contribution is 0.311. The maximum absolute atomic E-state index is 12.0. The first-order chi connectivity index (χ1) is 12.0. The Labute approximate surface area is 149 Å². The lowest BCUT2D eigenvalue weighted by atomic mass is 10.1. The summed E-state index contributed by atoms with van der Waals surface area (Å²) < 4.78 is 6.55. The molecule has 7 nitrogen and oxygen atoms in total. The zero-order valence-corrected chi connectivity index (χ0v) is 15.5. The number of nitrogens with zero attached hydrogens (tertiary/aromatic N) is 4. The summed E-state index contributed by atoms with van der Waals surface area (Å²) in [5, 5.41) is 8.32. The van der Waals surface area contributed by atoms with E-state index in [1.807, 2.05) is 26.2 Å². The van der Waals surface area contributed by atoms with Gasteiger partial charge in [0.05, 0.1) is 13.2 Å². The van der Waals surface area contributed by atoms with Gasteiger partial charge in [-0.3, -0.25) is 4.79 Å². The zero-order valence-electron chi connectivity index (χ0n) is 14.7. The molecule has 0 unspecified atom stereocenters. The first-order valence-corrected chi connectivity index (χ1v) is 8.71. The summed E-state index contributed by atoms with van der Waals surface area (Å²) in [5.74, 6) is 0.834. The summed E-state index contributed by atoms with van der Waals surface area (Å²) in [6.07, 6.45) is 0. The molecule has 3 rings (SSSR count). The quantitative estimate of drug-likeness (QED) is 0.727. The molecule has 1 N–H and O–H groups in total. The number of nitrogens with one attached hydrogen (secondary N) is 1. The normalized spacial score (nSPS) is 12.5. The van der Waals surface area contributed by atoms with E-state index in [9.17, 15) is 4.79 Å². The lowest BCUT2D eigenvalue weighted by Crippen LogP contribution is -2.27. The van der Waals surface area contributed by atoms with Crippen LogP contribution in [0.25, 0.3) is 4.96 Å². The Bertz CT molecular complexity index is 917. The fraction of sp³-hybridized carbons (Fsp3) is 0.353. The third-order valence-corrected chi connectivity index (χ3v) is 4.81. The van der Waals surface area contributed by atoms with Gasteiger partial charge in [-0.2, -0.15) is 4.52 Å². The Morgan fingerprint density at radius 1 is 1.32 bits per heavy atom. The summed E-state index contributed by atoms with van der Waals surface area (Å²) in [4.78, 5) is 19.0. The average Bonchev–Trinajstić information content (AvgIpc) is 2.98. The van der Waals surface area contributed by atoms with Crippen molar-refractivity contribution in [3.8, 4) is 5.75 Å². The Hall–Kier alpha value is -2.45. The van der Waals surface area contributed by atoms with E-state index in [-0.39, 0.29) is 11.6 Å². The van der Waals surface area contributed by atoms with Gasteiger partial charge < -0.3 is 15.0 Å². The highest BCUT2D eigenvalue weighted by molar-refractivity contribution is 7.20. The van der Waals surface area contributed by atoms with Gasteiger partial charge in [-0.05, 0) is 38.7 Å². The van der Waals surface area contributed by atoms with Gasteiger partial charge in [0.25, 0.3) is 5.56 Å². The number of aromatic nitrogens is 3. The first-order valence-electron chi connectivity index (χ1n) is 7.89. The molecule has 3 aromatic rings. The van der Waals surface area contributed by atoms with Crippen molar-refractivity contribution in [2.45, 2.75) is 13.0 Å². The number of rotatable bonds is 6. The van der Waals surface area contributed by atoms with Crippen LogP contribution in [0.5, 0.6) is 5.75 Å². The van der Waals surface area contributed by atoms with Crippen LogP contribution in [0.15, 0.2) is 35.1 Å². The van der Waals surface area contributed by atoms with Crippen molar-refractivity contribution < 1.29 is 4.74 Å². The summed E-state index contributed by atoms with van der Waals surface area (Å²) in [6, 6.07) is 9.66. The van der Waals surface area contributed by atoms with Gasteiger partial charge in [-0.15, -0.1) is 5.10 Å². The van der Waals surface area contributed by atoms with E-state index in [0.29, 0.717) is 22.3 Å². The maximum atomic E-state index is 12.0. The maximum Gasteiger partial charge on any atom is 0.275 e. The summed E-state index contributed by atoms with van der Waals surface area (Å²) >= 11 is 1.37. The minimum absolute atomic E-state index is 0.157. The molecular formula is C17H21N5O2S. The van der Waals surface area contributed by atoms with Crippen LogP contribution in [0.4, 0.5) is 5.13 Å². The largest absolute Gasteiger partial charge is 0.497 e.